The first-order valence-electron chi connectivity index (χ1n) is 3.56. The molecule has 54 valence electrons. The lowest BCUT2D eigenvalue weighted by Gasteiger charge is -1.99. The van der Waals surface area contributed by atoms with Gasteiger partial charge in [0.2, 0.25) is 0 Å². The Bertz CT molecular complexity index is 312. The quantitative estimate of drug-likeness (QED) is 0.520. The monoisotopic (exact) mass is 142 g/mol. The van der Waals surface area contributed by atoms with E-state index in [0.29, 0.717) is 0 Å². The van der Waals surface area contributed by atoms with Gasteiger partial charge in [-0.3, -0.25) is 0 Å². The Morgan fingerprint density at radius 2 is 2.36 bits per heavy atom. The van der Waals surface area contributed by atoms with Crippen LogP contribution in [-0.2, 0) is 0 Å². The van der Waals surface area contributed by atoms with Gasteiger partial charge in [-0.25, -0.2) is 0 Å². The molecule has 1 aliphatic carbocycles. The van der Waals surface area contributed by atoms with E-state index in [1.165, 1.54) is 0 Å². The van der Waals surface area contributed by atoms with Crippen LogP contribution in [0.15, 0.2) is 59.6 Å². The minimum Gasteiger partial charge on any atom is -0.0978 e. The van der Waals surface area contributed by atoms with Crippen molar-refractivity contribution >= 4 is 0 Å². The summed E-state index contributed by atoms with van der Waals surface area (Å²) in [7, 11) is 0. The van der Waals surface area contributed by atoms with Crippen molar-refractivity contribution in [2.45, 2.75) is 6.92 Å². The summed E-state index contributed by atoms with van der Waals surface area (Å²) in [6.07, 6.45) is 9.65. The van der Waals surface area contributed by atoms with E-state index in [4.69, 9.17) is 0 Å². The van der Waals surface area contributed by atoms with Crippen LogP contribution in [0.25, 0.3) is 0 Å². The van der Waals surface area contributed by atoms with Crippen molar-refractivity contribution in [3.63, 3.8) is 0 Å². The molecule has 0 amide bonds. The predicted octanol–water partition coefficient (Wildman–Crippen LogP) is 2.93. The molecule has 0 saturated heterocycles. The Morgan fingerprint density at radius 3 is 3.00 bits per heavy atom. The van der Waals surface area contributed by atoms with E-state index in [2.05, 4.69) is 18.0 Å². The summed E-state index contributed by atoms with van der Waals surface area (Å²) < 4.78 is 0. The van der Waals surface area contributed by atoms with Crippen molar-refractivity contribution in [3.8, 4) is 0 Å². The molecule has 1 rings (SSSR count). The average molecular weight is 142 g/mol. The van der Waals surface area contributed by atoms with Gasteiger partial charge in [-0.2, -0.15) is 0 Å². The fourth-order valence-corrected chi connectivity index (χ4v) is 0.907. The number of hydrogen-bond acceptors (Lipinski definition) is 0. The number of allylic oxidation sites excluding steroid dienone is 7. The zero-order chi connectivity index (χ0) is 8.10. The molecule has 0 unspecified atom stereocenters. The van der Waals surface area contributed by atoms with Gasteiger partial charge in [-0.1, -0.05) is 36.3 Å². The minimum absolute atomic E-state index is 1.01. The molecule has 0 radical (unpaired) electrons. The highest BCUT2D eigenvalue weighted by atomic mass is 14.0. The van der Waals surface area contributed by atoms with Crippen molar-refractivity contribution in [3.05, 3.63) is 59.6 Å². The Kier molecular flexibility index (Phi) is 2.52. The van der Waals surface area contributed by atoms with Crippen molar-refractivity contribution < 1.29 is 0 Å². The second kappa shape index (κ2) is 3.63. The number of rotatable bonds is 2. The van der Waals surface area contributed by atoms with Crippen molar-refractivity contribution in [2.24, 2.45) is 0 Å². The van der Waals surface area contributed by atoms with Crippen molar-refractivity contribution in [1.29, 1.82) is 0 Å². The van der Waals surface area contributed by atoms with Gasteiger partial charge in [0.15, 0.2) is 0 Å². The van der Waals surface area contributed by atoms with E-state index in [1.54, 1.807) is 6.08 Å². The van der Waals surface area contributed by atoms with E-state index in [9.17, 15) is 0 Å². The Labute approximate surface area is 67.2 Å². The molecule has 0 bridgehead atoms. The maximum atomic E-state index is 3.69. The van der Waals surface area contributed by atoms with Gasteiger partial charge in [0.1, 0.15) is 0 Å². The van der Waals surface area contributed by atoms with Gasteiger partial charge < -0.3 is 0 Å². The molecule has 0 aromatic rings. The fourth-order valence-electron chi connectivity index (χ4n) is 0.907. The van der Waals surface area contributed by atoms with E-state index in [0.717, 1.165) is 11.1 Å². The first-order chi connectivity index (χ1) is 5.38. The first-order valence-corrected chi connectivity index (χ1v) is 3.56. The third-order valence-corrected chi connectivity index (χ3v) is 1.41. The van der Waals surface area contributed by atoms with Gasteiger partial charge in [-0.15, -0.1) is 0 Å². The molecule has 0 atom stereocenters. The topological polar surface area (TPSA) is 0 Å². The maximum absolute atomic E-state index is 3.69. The smallest absolute Gasteiger partial charge is 0.0315 e. The predicted molar refractivity (Wildman–Crippen MR) is 48.2 cm³/mol. The van der Waals surface area contributed by atoms with Crippen LogP contribution >= 0.6 is 0 Å². The highest BCUT2D eigenvalue weighted by Gasteiger charge is 1.95. The molecule has 1 aliphatic rings. The molecule has 0 spiro atoms. The molecule has 0 fully saturated rings. The summed E-state index contributed by atoms with van der Waals surface area (Å²) in [5, 5.41) is 0. The van der Waals surface area contributed by atoms with E-state index in [-0.39, 0.29) is 0 Å². The molecule has 0 heterocycles. The van der Waals surface area contributed by atoms with Crippen LogP contribution in [0, 0.1) is 0 Å². The third kappa shape index (κ3) is 1.72. The summed E-state index contributed by atoms with van der Waals surface area (Å²) in [5.41, 5.74) is 8.00. The van der Waals surface area contributed by atoms with Gasteiger partial charge in [0.25, 0.3) is 0 Å². The third-order valence-electron chi connectivity index (χ3n) is 1.41. The Hall–Kier alpha value is -1.48. The zero-order valence-electron chi connectivity index (χ0n) is 6.59. The van der Waals surface area contributed by atoms with E-state index >= 15 is 0 Å². The molecule has 0 aliphatic heterocycles. The second-order valence-corrected chi connectivity index (χ2v) is 2.18. The summed E-state index contributed by atoms with van der Waals surface area (Å²) in [6, 6.07) is 0. The SMILES string of the molecule is C=CC1=C=C=CC=C1/C=C\C. The van der Waals surface area contributed by atoms with Crippen LogP contribution in [-0.4, -0.2) is 0 Å². The lowest BCUT2D eigenvalue weighted by molar-refractivity contribution is 1.53. The van der Waals surface area contributed by atoms with Crippen LogP contribution in [0.2, 0.25) is 0 Å². The second-order valence-electron chi connectivity index (χ2n) is 2.18. The van der Waals surface area contributed by atoms with Crippen molar-refractivity contribution in [1.82, 2.24) is 0 Å². The Balaban J connectivity index is 3.05. The first kappa shape index (κ1) is 7.63. The Morgan fingerprint density at radius 1 is 1.55 bits per heavy atom. The van der Waals surface area contributed by atoms with Crippen LogP contribution in [0.3, 0.4) is 0 Å². The van der Waals surface area contributed by atoms with Gasteiger partial charge in [-0.05, 0) is 24.6 Å². The average Bonchev–Trinajstić information content (AvgIpc) is 2.06. The lowest BCUT2D eigenvalue weighted by Crippen LogP contribution is -1.81. The molecule has 0 heteroatoms. The summed E-state index contributed by atoms with van der Waals surface area (Å²) >= 11 is 0. The summed E-state index contributed by atoms with van der Waals surface area (Å²) in [6.45, 7) is 5.68. The van der Waals surface area contributed by atoms with E-state index < -0.39 is 0 Å². The van der Waals surface area contributed by atoms with Crippen LogP contribution in [0.1, 0.15) is 6.92 Å². The standard InChI is InChI=1S/C11H10/c1-3-7-11-9-6-5-8-10(11)4-2/h3-4,6-7,9H,2H2,1H3/b7-3-. The molecule has 0 saturated carbocycles. The maximum Gasteiger partial charge on any atom is 0.0315 e. The van der Waals surface area contributed by atoms with Crippen LogP contribution < -0.4 is 0 Å². The highest BCUT2D eigenvalue weighted by Crippen LogP contribution is 2.13. The molecule has 0 nitrogen and oxygen atoms in total. The minimum atomic E-state index is 1.01. The van der Waals surface area contributed by atoms with Gasteiger partial charge >= 0.3 is 0 Å². The highest BCUT2D eigenvalue weighted by molar-refractivity contribution is 5.48. The van der Waals surface area contributed by atoms with Crippen LogP contribution in [0.5, 0.6) is 0 Å². The van der Waals surface area contributed by atoms with Gasteiger partial charge in [0.05, 0.1) is 0 Å². The molecular formula is C11H10. The molecule has 0 aromatic heterocycles. The van der Waals surface area contributed by atoms with Crippen LogP contribution in [0.4, 0.5) is 0 Å². The largest absolute Gasteiger partial charge is 0.0978 e. The summed E-state index contributed by atoms with van der Waals surface area (Å²) in [4.78, 5) is 0. The lowest BCUT2D eigenvalue weighted by atomic mass is 10.0. The van der Waals surface area contributed by atoms with Gasteiger partial charge in [0, 0.05) is 5.57 Å². The number of hydrogen-bond donors (Lipinski definition) is 0. The summed E-state index contributed by atoms with van der Waals surface area (Å²) in [5.74, 6) is 0. The zero-order valence-corrected chi connectivity index (χ0v) is 6.59. The molecule has 0 aromatic carbocycles. The normalized spacial score (nSPS) is 15.0. The molecule has 11 heavy (non-hydrogen) atoms. The van der Waals surface area contributed by atoms with E-state index in [1.807, 2.05) is 31.2 Å². The molecular weight excluding hydrogens is 132 g/mol. The van der Waals surface area contributed by atoms with Crippen molar-refractivity contribution in [2.75, 3.05) is 0 Å². The fraction of sp³-hybridized carbons (Fsp3) is 0.0909. The molecule has 0 N–H and O–H groups in total.